The molecule has 1 aromatic heterocycles. The van der Waals surface area contributed by atoms with E-state index in [1.54, 1.807) is 0 Å². The van der Waals surface area contributed by atoms with Crippen LogP contribution in [0.2, 0.25) is 5.15 Å². The predicted molar refractivity (Wildman–Crippen MR) is 120 cm³/mol. The number of nitrogens with zero attached hydrogens (tertiary/aromatic N) is 3. The Bertz CT molecular complexity index is 1200. The number of para-hydroxylation sites is 1. The van der Waals surface area contributed by atoms with Gasteiger partial charge in [-0.1, -0.05) is 59.6 Å². The summed E-state index contributed by atoms with van der Waals surface area (Å²) >= 11 is 6.57. The molecule has 158 valence electrons. The summed E-state index contributed by atoms with van der Waals surface area (Å²) in [6.07, 6.45) is 0.0924. The second kappa shape index (κ2) is 8.47. The van der Waals surface area contributed by atoms with Crippen molar-refractivity contribution >= 4 is 40.1 Å². The molecule has 1 aliphatic heterocycles. The minimum atomic E-state index is -1.02. The molecule has 3 aromatic rings. The zero-order valence-corrected chi connectivity index (χ0v) is 18.1. The summed E-state index contributed by atoms with van der Waals surface area (Å²) in [6, 6.07) is 15.3. The van der Waals surface area contributed by atoms with Gasteiger partial charge in [0.05, 0.1) is 23.7 Å². The average Bonchev–Trinajstić information content (AvgIpc) is 3.18. The van der Waals surface area contributed by atoms with Crippen LogP contribution in [0.15, 0.2) is 53.6 Å². The van der Waals surface area contributed by atoms with Crippen molar-refractivity contribution in [1.29, 1.82) is 0 Å². The molecule has 0 saturated heterocycles. The molecule has 0 saturated carbocycles. The average molecular weight is 436 g/mol. The number of carboxylic acid groups (broad SMARTS) is 1. The number of halogens is 1. The third-order valence-corrected chi connectivity index (χ3v) is 5.79. The third kappa shape index (κ3) is 4.30. The van der Waals surface area contributed by atoms with Crippen LogP contribution >= 0.6 is 11.6 Å². The maximum absolute atomic E-state index is 12.9. The second-order valence-electron chi connectivity index (χ2n) is 7.78. The topological polar surface area (TPSA) is 82.9 Å². The molecule has 31 heavy (non-hydrogen) atoms. The van der Waals surface area contributed by atoms with Gasteiger partial charge in [0.15, 0.2) is 0 Å². The van der Waals surface area contributed by atoms with Crippen LogP contribution in [0.3, 0.4) is 0 Å². The van der Waals surface area contributed by atoms with E-state index in [0.717, 1.165) is 33.3 Å². The molecular formula is C24H22ClN3O3. The molecule has 6 nitrogen and oxygen atoms in total. The first-order chi connectivity index (χ1) is 14.8. The zero-order chi connectivity index (χ0) is 22.1. The molecule has 0 aliphatic carbocycles. The number of carboxylic acids is 1. The number of fused-ring (bicyclic) bond motifs is 1. The molecule has 1 N–H and O–H groups in total. The molecule has 0 radical (unpaired) electrons. The van der Waals surface area contributed by atoms with Crippen molar-refractivity contribution in [3.8, 4) is 0 Å². The number of aliphatic carboxylic acids is 1. The Morgan fingerprint density at radius 2 is 1.87 bits per heavy atom. The number of carbonyl (C=O) groups is 2. The van der Waals surface area contributed by atoms with Crippen molar-refractivity contribution in [2.24, 2.45) is 5.10 Å². The molecule has 2 aromatic carbocycles. The van der Waals surface area contributed by atoms with E-state index in [1.807, 2.05) is 62.4 Å². The number of hydrogen-bond donors (Lipinski definition) is 1. The van der Waals surface area contributed by atoms with Gasteiger partial charge in [0.1, 0.15) is 5.15 Å². The fraction of sp³-hybridized carbons (Fsp3) is 0.250. The van der Waals surface area contributed by atoms with Gasteiger partial charge in [-0.3, -0.25) is 9.59 Å². The highest BCUT2D eigenvalue weighted by atomic mass is 35.5. The van der Waals surface area contributed by atoms with Gasteiger partial charge in [0, 0.05) is 23.8 Å². The van der Waals surface area contributed by atoms with Gasteiger partial charge < -0.3 is 5.11 Å². The fourth-order valence-corrected chi connectivity index (χ4v) is 4.07. The fourth-order valence-electron chi connectivity index (χ4n) is 3.81. The second-order valence-corrected chi connectivity index (χ2v) is 8.14. The predicted octanol–water partition coefficient (Wildman–Crippen LogP) is 5.05. The molecule has 2 heterocycles. The van der Waals surface area contributed by atoms with Crippen LogP contribution in [-0.4, -0.2) is 32.7 Å². The van der Waals surface area contributed by atoms with Crippen molar-refractivity contribution in [2.45, 2.75) is 39.2 Å². The third-order valence-electron chi connectivity index (χ3n) is 5.49. The summed E-state index contributed by atoms with van der Waals surface area (Å²) in [5, 5.41) is 16.2. The molecule has 0 spiro atoms. The lowest BCUT2D eigenvalue weighted by Crippen LogP contribution is -2.27. The Morgan fingerprint density at radius 3 is 2.58 bits per heavy atom. The van der Waals surface area contributed by atoms with Crippen LogP contribution in [0.25, 0.3) is 10.9 Å². The number of benzene rings is 2. The standard InChI is InChI=1S/C24H22ClN3O3/c1-14-6-8-16(9-7-14)19-13-20(28(27-19)21(29)10-11-22(30)31)18-12-17-5-3-4-15(2)23(17)26-24(18)25/h3-9,12,20H,10-11,13H2,1-2H3,(H,30,31)/t20-/m0/s1. The number of aryl methyl sites for hydroxylation is 2. The molecule has 1 atom stereocenters. The van der Waals surface area contributed by atoms with Crippen molar-refractivity contribution in [1.82, 2.24) is 9.99 Å². The number of carbonyl (C=O) groups excluding carboxylic acids is 1. The van der Waals surface area contributed by atoms with Crippen LogP contribution < -0.4 is 0 Å². The smallest absolute Gasteiger partial charge is 0.303 e. The molecule has 4 rings (SSSR count). The summed E-state index contributed by atoms with van der Waals surface area (Å²) in [5.74, 6) is -1.37. The Balaban J connectivity index is 1.75. The van der Waals surface area contributed by atoms with Crippen LogP contribution in [-0.2, 0) is 9.59 Å². The highest BCUT2D eigenvalue weighted by Gasteiger charge is 2.35. The van der Waals surface area contributed by atoms with Crippen molar-refractivity contribution in [3.05, 3.63) is 75.9 Å². The summed E-state index contributed by atoms with van der Waals surface area (Å²) in [7, 11) is 0. The monoisotopic (exact) mass is 435 g/mol. The van der Waals surface area contributed by atoms with Gasteiger partial charge in [-0.15, -0.1) is 0 Å². The van der Waals surface area contributed by atoms with E-state index in [-0.39, 0.29) is 18.7 Å². The van der Waals surface area contributed by atoms with E-state index in [9.17, 15) is 9.59 Å². The maximum Gasteiger partial charge on any atom is 0.303 e. The lowest BCUT2D eigenvalue weighted by atomic mass is 9.97. The Kier molecular flexibility index (Phi) is 5.74. The highest BCUT2D eigenvalue weighted by Crippen LogP contribution is 2.38. The van der Waals surface area contributed by atoms with E-state index >= 15 is 0 Å². The number of amides is 1. The summed E-state index contributed by atoms with van der Waals surface area (Å²) in [4.78, 5) is 28.4. The Hall–Kier alpha value is -3.25. The molecule has 0 bridgehead atoms. The molecule has 1 aliphatic rings. The Morgan fingerprint density at radius 1 is 1.13 bits per heavy atom. The number of rotatable bonds is 5. The van der Waals surface area contributed by atoms with Crippen molar-refractivity contribution < 1.29 is 14.7 Å². The van der Waals surface area contributed by atoms with E-state index in [2.05, 4.69) is 10.1 Å². The zero-order valence-electron chi connectivity index (χ0n) is 17.3. The van der Waals surface area contributed by atoms with E-state index in [0.29, 0.717) is 17.1 Å². The van der Waals surface area contributed by atoms with Crippen LogP contribution in [0.4, 0.5) is 0 Å². The van der Waals surface area contributed by atoms with E-state index in [4.69, 9.17) is 16.7 Å². The first kappa shape index (κ1) is 21.0. The normalized spacial score (nSPS) is 15.9. The van der Waals surface area contributed by atoms with Crippen LogP contribution in [0, 0.1) is 13.8 Å². The number of aromatic nitrogens is 1. The largest absolute Gasteiger partial charge is 0.481 e. The van der Waals surface area contributed by atoms with Crippen LogP contribution in [0.1, 0.15) is 47.6 Å². The molecule has 0 fully saturated rings. The van der Waals surface area contributed by atoms with Gasteiger partial charge in [0.25, 0.3) is 0 Å². The van der Waals surface area contributed by atoms with Gasteiger partial charge in [-0.05, 0) is 31.0 Å². The first-order valence-corrected chi connectivity index (χ1v) is 10.5. The SMILES string of the molecule is Cc1ccc(C2=NN(C(=O)CCC(=O)O)[C@H](c3cc4cccc(C)c4nc3Cl)C2)cc1. The minimum Gasteiger partial charge on any atom is -0.481 e. The number of hydrogen-bond acceptors (Lipinski definition) is 4. The number of pyridine rings is 1. The van der Waals surface area contributed by atoms with Crippen molar-refractivity contribution in [2.75, 3.05) is 0 Å². The summed E-state index contributed by atoms with van der Waals surface area (Å²) in [5.41, 5.74) is 5.35. The van der Waals surface area contributed by atoms with Gasteiger partial charge in [0.2, 0.25) is 5.91 Å². The quantitative estimate of drug-likeness (QED) is 0.568. The van der Waals surface area contributed by atoms with Crippen molar-refractivity contribution in [3.63, 3.8) is 0 Å². The van der Waals surface area contributed by atoms with Crippen LogP contribution in [0.5, 0.6) is 0 Å². The van der Waals surface area contributed by atoms with Gasteiger partial charge >= 0.3 is 5.97 Å². The molecule has 1 amide bonds. The number of hydrazone groups is 1. The lowest BCUT2D eigenvalue weighted by molar-refractivity contribution is -0.141. The highest BCUT2D eigenvalue weighted by molar-refractivity contribution is 6.30. The summed E-state index contributed by atoms with van der Waals surface area (Å²) < 4.78 is 0. The minimum absolute atomic E-state index is 0.131. The van der Waals surface area contributed by atoms with E-state index in [1.165, 1.54) is 5.01 Å². The molecule has 7 heteroatoms. The van der Waals surface area contributed by atoms with Gasteiger partial charge in [-0.2, -0.15) is 5.10 Å². The summed E-state index contributed by atoms with van der Waals surface area (Å²) in [6.45, 7) is 3.98. The van der Waals surface area contributed by atoms with Gasteiger partial charge in [-0.25, -0.2) is 9.99 Å². The van der Waals surface area contributed by atoms with E-state index < -0.39 is 12.0 Å². The first-order valence-electron chi connectivity index (χ1n) is 10.1. The maximum atomic E-state index is 12.9. The lowest BCUT2D eigenvalue weighted by Gasteiger charge is -2.23. The Labute approximate surface area is 185 Å². The molecule has 0 unspecified atom stereocenters. The molecular weight excluding hydrogens is 414 g/mol.